The van der Waals surface area contributed by atoms with Crippen LogP contribution in [0.15, 0.2) is 12.2 Å². The molecule has 0 nitrogen and oxygen atoms in total. The summed E-state index contributed by atoms with van der Waals surface area (Å²) in [6.45, 7) is 6.93. The highest BCUT2D eigenvalue weighted by molar-refractivity contribution is 4.81. The lowest BCUT2D eigenvalue weighted by Gasteiger charge is -2.02. The lowest BCUT2D eigenvalue weighted by Crippen LogP contribution is -1.85. The summed E-state index contributed by atoms with van der Waals surface area (Å²) in [4.78, 5) is 0. The normalized spacial score (nSPS) is 11.8. The van der Waals surface area contributed by atoms with Gasteiger partial charge in [-0.05, 0) is 31.6 Å². The zero-order chi connectivity index (χ0) is 14.9. The van der Waals surface area contributed by atoms with Crippen LogP contribution < -0.4 is 0 Å². The summed E-state index contributed by atoms with van der Waals surface area (Å²) in [6.07, 6.45) is 24.5. The fourth-order valence-corrected chi connectivity index (χ4v) is 2.62. The van der Waals surface area contributed by atoms with Crippen molar-refractivity contribution in [3.05, 3.63) is 12.2 Å². The average molecular weight is 281 g/mol. The van der Waals surface area contributed by atoms with Gasteiger partial charge in [-0.25, -0.2) is 0 Å². The van der Waals surface area contributed by atoms with Crippen LogP contribution in [0.1, 0.15) is 111 Å². The molecule has 0 unspecified atom stereocenters. The molecule has 0 aromatic carbocycles. The largest absolute Gasteiger partial charge is 0.0885 e. The highest BCUT2D eigenvalue weighted by Crippen LogP contribution is 2.11. The Bertz CT molecular complexity index is 190. The van der Waals surface area contributed by atoms with E-state index in [4.69, 9.17) is 0 Å². The fraction of sp³-hybridized carbons (Fsp3) is 0.900. The molecule has 0 atom stereocenters. The van der Waals surface area contributed by atoms with E-state index in [-0.39, 0.29) is 0 Å². The summed E-state index contributed by atoms with van der Waals surface area (Å²) in [6, 6.07) is 0. The molecule has 0 aromatic rings. The van der Waals surface area contributed by atoms with Gasteiger partial charge in [0.2, 0.25) is 0 Å². The van der Waals surface area contributed by atoms with Crippen molar-refractivity contribution < 1.29 is 0 Å². The Morgan fingerprint density at radius 2 is 1.05 bits per heavy atom. The Hall–Kier alpha value is -0.260. The van der Waals surface area contributed by atoms with E-state index < -0.39 is 0 Å². The minimum Gasteiger partial charge on any atom is -0.0885 e. The summed E-state index contributed by atoms with van der Waals surface area (Å²) in [5.41, 5.74) is 0. The first-order valence-electron chi connectivity index (χ1n) is 9.42. The second-order valence-electron chi connectivity index (χ2n) is 6.77. The molecule has 0 fully saturated rings. The van der Waals surface area contributed by atoms with Crippen molar-refractivity contribution in [1.29, 1.82) is 0 Å². The van der Waals surface area contributed by atoms with Gasteiger partial charge < -0.3 is 0 Å². The van der Waals surface area contributed by atoms with E-state index in [2.05, 4.69) is 32.9 Å². The van der Waals surface area contributed by atoms with Crippen LogP contribution in [0.25, 0.3) is 0 Å². The van der Waals surface area contributed by atoms with Gasteiger partial charge in [-0.1, -0.05) is 97.1 Å². The van der Waals surface area contributed by atoms with E-state index in [0.29, 0.717) is 0 Å². The van der Waals surface area contributed by atoms with Gasteiger partial charge in [-0.15, -0.1) is 0 Å². The molecule has 0 radical (unpaired) electrons. The first kappa shape index (κ1) is 19.7. The number of allylic oxidation sites excluding steroid dienone is 2. The molecule has 0 rings (SSSR count). The summed E-state index contributed by atoms with van der Waals surface area (Å²) < 4.78 is 0. The average Bonchev–Trinajstić information content (AvgIpc) is 2.43. The van der Waals surface area contributed by atoms with Gasteiger partial charge in [0.25, 0.3) is 0 Å². The van der Waals surface area contributed by atoms with E-state index in [1.165, 1.54) is 89.9 Å². The topological polar surface area (TPSA) is 0 Å². The number of rotatable bonds is 15. The molecule has 0 bridgehead atoms. The Morgan fingerprint density at radius 3 is 1.55 bits per heavy atom. The van der Waals surface area contributed by atoms with E-state index in [0.717, 1.165) is 5.92 Å². The Balaban J connectivity index is 3.04. The van der Waals surface area contributed by atoms with E-state index in [9.17, 15) is 0 Å². The number of hydrogen-bond acceptors (Lipinski definition) is 0. The third-order valence-corrected chi connectivity index (χ3v) is 4.04. The quantitative estimate of drug-likeness (QED) is 0.213. The van der Waals surface area contributed by atoms with Gasteiger partial charge >= 0.3 is 0 Å². The molecule has 120 valence electrons. The SMILES string of the molecule is CCCCCCCCCCC/C=C/CCCCC(C)C. The number of hydrogen-bond donors (Lipinski definition) is 0. The van der Waals surface area contributed by atoms with Crippen LogP contribution in [-0.2, 0) is 0 Å². The van der Waals surface area contributed by atoms with Crippen LogP contribution in [0.2, 0.25) is 0 Å². The van der Waals surface area contributed by atoms with Gasteiger partial charge in [0.05, 0.1) is 0 Å². The maximum absolute atomic E-state index is 2.41. The molecule has 0 saturated heterocycles. The summed E-state index contributed by atoms with van der Waals surface area (Å²) in [7, 11) is 0. The van der Waals surface area contributed by atoms with Crippen molar-refractivity contribution in [2.45, 2.75) is 111 Å². The van der Waals surface area contributed by atoms with Crippen molar-refractivity contribution in [3.63, 3.8) is 0 Å². The van der Waals surface area contributed by atoms with Gasteiger partial charge in [-0.2, -0.15) is 0 Å². The lowest BCUT2D eigenvalue weighted by molar-refractivity contribution is 0.540. The van der Waals surface area contributed by atoms with Crippen molar-refractivity contribution >= 4 is 0 Å². The van der Waals surface area contributed by atoms with E-state index >= 15 is 0 Å². The summed E-state index contributed by atoms with van der Waals surface area (Å²) >= 11 is 0. The van der Waals surface area contributed by atoms with Crippen LogP contribution >= 0.6 is 0 Å². The summed E-state index contributed by atoms with van der Waals surface area (Å²) in [5, 5.41) is 0. The highest BCUT2D eigenvalue weighted by Gasteiger charge is 1.93. The standard InChI is InChI=1S/C20H40/c1-4-5-6-7-8-9-10-11-12-13-14-15-16-17-18-19-20(2)3/h14-15,20H,4-13,16-19H2,1-3H3/b15-14+. The minimum absolute atomic E-state index is 0.876. The predicted octanol–water partition coefficient (Wildman–Crippen LogP) is 7.68. The zero-order valence-electron chi connectivity index (χ0n) is 14.6. The lowest BCUT2D eigenvalue weighted by atomic mass is 10.0. The highest BCUT2D eigenvalue weighted by atomic mass is 14.0. The Morgan fingerprint density at radius 1 is 0.600 bits per heavy atom. The van der Waals surface area contributed by atoms with Crippen molar-refractivity contribution in [2.75, 3.05) is 0 Å². The van der Waals surface area contributed by atoms with Crippen molar-refractivity contribution in [3.8, 4) is 0 Å². The van der Waals surface area contributed by atoms with Gasteiger partial charge in [-0.3, -0.25) is 0 Å². The fourth-order valence-electron chi connectivity index (χ4n) is 2.62. The van der Waals surface area contributed by atoms with Gasteiger partial charge in [0.15, 0.2) is 0 Å². The number of unbranched alkanes of at least 4 members (excludes halogenated alkanes) is 11. The van der Waals surface area contributed by atoms with Gasteiger partial charge in [0.1, 0.15) is 0 Å². The maximum Gasteiger partial charge on any atom is -0.0351 e. The molecule has 0 aliphatic rings. The molecule has 0 heterocycles. The molecule has 0 aromatic heterocycles. The van der Waals surface area contributed by atoms with Crippen molar-refractivity contribution in [2.24, 2.45) is 5.92 Å². The van der Waals surface area contributed by atoms with Crippen LogP contribution in [0.4, 0.5) is 0 Å². The van der Waals surface area contributed by atoms with E-state index in [1.54, 1.807) is 0 Å². The zero-order valence-corrected chi connectivity index (χ0v) is 14.6. The van der Waals surface area contributed by atoms with Crippen LogP contribution in [0.3, 0.4) is 0 Å². The maximum atomic E-state index is 2.41. The first-order valence-corrected chi connectivity index (χ1v) is 9.42. The molecule has 0 aliphatic heterocycles. The minimum atomic E-state index is 0.876. The molecular formula is C20H40. The van der Waals surface area contributed by atoms with Crippen molar-refractivity contribution in [1.82, 2.24) is 0 Å². The molecule has 20 heavy (non-hydrogen) atoms. The first-order chi connectivity index (χ1) is 9.77. The van der Waals surface area contributed by atoms with Gasteiger partial charge in [0, 0.05) is 0 Å². The molecule has 0 spiro atoms. The van der Waals surface area contributed by atoms with E-state index in [1.807, 2.05) is 0 Å². The molecule has 0 aliphatic carbocycles. The third-order valence-electron chi connectivity index (χ3n) is 4.04. The third kappa shape index (κ3) is 17.7. The Labute approximate surface area is 129 Å². The second kappa shape index (κ2) is 16.8. The molecule has 0 N–H and O–H groups in total. The smallest absolute Gasteiger partial charge is 0.0351 e. The summed E-state index contributed by atoms with van der Waals surface area (Å²) in [5.74, 6) is 0.876. The molecular weight excluding hydrogens is 240 g/mol. The second-order valence-corrected chi connectivity index (χ2v) is 6.77. The van der Waals surface area contributed by atoms with Crippen LogP contribution in [0, 0.1) is 5.92 Å². The molecule has 0 amide bonds. The predicted molar refractivity (Wildman–Crippen MR) is 94.3 cm³/mol. The molecule has 0 saturated carbocycles. The monoisotopic (exact) mass is 280 g/mol. The van der Waals surface area contributed by atoms with Crippen LogP contribution in [-0.4, -0.2) is 0 Å². The Kier molecular flexibility index (Phi) is 16.6. The molecule has 0 heteroatoms. The van der Waals surface area contributed by atoms with Crippen LogP contribution in [0.5, 0.6) is 0 Å².